The summed E-state index contributed by atoms with van der Waals surface area (Å²) in [5.41, 5.74) is -0.316. The Hall–Kier alpha value is -0.130. The van der Waals surface area contributed by atoms with Crippen LogP contribution in [-0.4, -0.2) is 43.8 Å². The van der Waals surface area contributed by atoms with Gasteiger partial charge in [0.1, 0.15) is 0 Å². The van der Waals surface area contributed by atoms with Crippen LogP contribution in [-0.2, 0) is 14.6 Å². The Kier molecular flexibility index (Phi) is 4.04. The van der Waals surface area contributed by atoms with Gasteiger partial charge in [-0.2, -0.15) is 0 Å². The van der Waals surface area contributed by atoms with Crippen molar-refractivity contribution >= 4 is 9.84 Å². The third-order valence-electron chi connectivity index (χ3n) is 4.47. The van der Waals surface area contributed by atoms with Crippen molar-refractivity contribution in [2.24, 2.45) is 11.3 Å². The molecule has 0 amide bonds. The highest BCUT2D eigenvalue weighted by Gasteiger charge is 2.50. The van der Waals surface area contributed by atoms with E-state index in [2.05, 4.69) is 0 Å². The SMILES string of the molecule is CC(C)S(=O)(=O)CCC1(CO)CCOC1C1CC1. The van der Waals surface area contributed by atoms with E-state index in [-0.39, 0.29) is 29.1 Å². The quantitative estimate of drug-likeness (QED) is 0.796. The number of ether oxygens (including phenoxy) is 1. The van der Waals surface area contributed by atoms with Crippen molar-refractivity contribution in [1.82, 2.24) is 0 Å². The lowest BCUT2D eigenvalue weighted by Gasteiger charge is -2.32. The van der Waals surface area contributed by atoms with E-state index in [1.54, 1.807) is 13.8 Å². The maximum Gasteiger partial charge on any atom is 0.152 e. The van der Waals surface area contributed by atoms with Crippen LogP contribution in [0, 0.1) is 11.3 Å². The van der Waals surface area contributed by atoms with Gasteiger partial charge in [-0.05, 0) is 45.4 Å². The third-order valence-corrected chi connectivity index (χ3v) is 6.68. The van der Waals surface area contributed by atoms with E-state index >= 15 is 0 Å². The van der Waals surface area contributed by atoms with E-state index in [4.69, 9.17) is 4.74 Å². The van der Waals surface area contributed by atoms with Crippen molar-refractivity contribution in [3.63, 3.8) is 0 Å². The topological polar surface area (TPSA) is 63.6 Å². The van der Waals surface area contributed by atoms with E-state index in [9.17, 15) is 13.5 Å². The summed E-state index contributed by atoms with van der Waals surface area (Å²) in [7, 11) is -3.03. The fraction of sp³-hybridized carbons (Fsp3) is 1.00. The van der Waals surface area contributed by atoms with E-state index in [0.717, 1.165) is 19.3 Å². The predicted molar refractivity (Wildman–Crippen MR) is 70.1 cm³/mol. The lowest BCUT2D eigenvalue weighted by molar-refractivity contribution is -0.00116. The van der Waals surface area contributed by atoms with Crippen LogP contribution in [0.15, 0.2) is 0 Å². The van der Waals surface area contributed by atoms with Gasteiger partial charge in [-0.3, -0.25) is 0 Å². The highest BCUT2D eigenvalue weighted by Crippen LogP contribution is 2.49. The molecule has 2 aliphatic rings. The molecule has 0 aromatic heterocycles. The Balaban J connectivity index is 2.04. The van der Waals surface area contributed by atoms with E-state index in [1.165, 1.54) is 0 Å². The molecule has 4 nitrogen and oxygen atoms in total. The molecule has 5 heteroatoms. The summed E-state index contributed by atoms with van der Waals surface area (Å²) in [6, 6.07) is 0. The summed E-state index contributed by atoms with van der Waals surface area (Å²) in [6.07, 6.45) is 3.71. The highest BCUT2D eigenvalue weighted by atomic mass is 32.2. The molecular weight excluding hydrogens is 252 g/mol. The van der Waals surface area contributed by atoms with Crippen LogP contribution in [0.3, 0.4) is 0 Å². The number of rotatable bonds is 6. The summed E-state index contributed by atoms with van der Waals surface area (Å²) in [4.78, 5) is 0. The van der Waals surface area contributed by atoms with Crippen LogP contribution in [0.1, 0.15) is 39.5 Å². The molecule has 1 aliphatic heterocycles. The molecule has 0 aromatic carbocycles. The molecule has 2 fully saturated rings. The third kappa shape index (κ3) is 2.73. The van der Waals surface area contributed by atoms with Gasteiger partial charge < -0.3 is 9.84 Å². The van der Waals surface area contributed by atoms with Crippen molar-refractivity contribution in [1.29, 1.82) is 0 Å². The van der Waals surface area contributed by atoms with Crippen molar-refractivity contribution in [2.75, 3.05) is 19.0 Å². The van der Waals surface area contributed by atoms with Crippen LogP contribution >= 0.6 is 0 Å². The number of aliphatic hydroxyl groups excluding tert-OH is 1. The summed E-state index contributed by atoms with van der Waals surface area (Å²) < 4.78 is 29.6. The zero-order chi connectivity index (χ0) is 13.4. The average molecular weight is 276 g/mol. The normalized spacial score (nSPS) is 33.2. The molecule has 0 aromatic rings. The monoisotopic (exact) mass is 276 g/mol. The van der Waals surface area contributed by atoms with Crippen molar-refractivity contribution < 1.29 is 18.3 Å². The second kappa shape index (κ2) is 5.10. The number of hydrogen-bond acceptors (Lipinski definition) is 4. The van der Waals surface area contributed by atoms with Crippen molar-refractivity contribution in [2.45, 2.75) is 50.9 Å². The minimum Gasteiger partial charge on any atom is -0.396 e. The Morgan fingerprint density at radius 2 is 2.06 bits per heavy atom. The number of aliphatic hydroxyl groups is 1. The van der Waals surface area contributed by atoms with E-state index in [0.29, 0.717) is 18.9 Å². The second-order valence-electron chi connectivity index (χ2n) is 6.07. The van der Waals surface area contributed by atoms with Crippen molar-refractivity contribution in [3.05, 3.63) is 0 Å². The van der Waals surface area contributed by atoms with Gasteiger partial charge in [0.2, 0.25) is 0 Å². The first-order valence-electron chi connectivity index (χ1n) is 6.85. The molecule has 0 bridgehead atoms. The standard InChI is InChI=1S/C13H24O4S/c1-10(2)18(15,16)8-6-13(9-14)5-7-17-12(13)11-3-4-11/h10-12,14H,3-9H2,1-2H3. The van der Waals surface area contributed by atoms with Crippen LogP contribution in [0.25, 0.3) is 0 Å². The molecule has 18 heavy (non-hydrogen) atoms. The van der Waals surface area contributed by atoms with E-state index < -0.39 is 9.84 Å². The smallest absolute Gasteiger partial charge is 0.152 e. The Bertz CT molecular complexity index is 386. The molecule has 1 heterocycles. The molecule has 0 radical (unpaired) electrons. The first kappa shape index (κ1) is 14.3. The molecule has 1 saturated heterocycles. The summed E-state index contributed by atoms with van der Waals surface area (Å²) >= 11 is 0. The minimum atomic E-state index is -3.03. The minimum absolute atomic E-state index is 0.0434. The second-order valence-corrected chi connectivity index (χ2v) is 8.74. The van der Waals surface area contributed by atoms with Gasteiger partial charge in [0.05, 0.1) is 23.7 Å². The van der Waals surface area contributed by atoms with Crippen LogP contribution in [0.4, 0.5) is 0 Å². The van der Waals surface area contributed by atoms with Crippen LogP contribution in [0.2, 0.25) is 0 Å². The first-order chi connectivity index (χ1) is 8.41. The molecule has 0 spiro atoms. The number of hydrogen-bond donors (Lipinski definition) is 1. The van der Waals surface area contributed by atoms with Gasteiger partial charge >= 0.3 is 0 Å². The average Bonchev–Trinajstić information content (AvgIpc) is 3.07. The Morgan fingerprint density at radius 1 is 1.39 bits per heavy atom. The van der Waals surface area contributed by atoms with E-state index in [1.807, 2.05) is 0 Å². The van der Waals surface area contributed by atoms with Gasteiger partial charge in [0, 0.05) is 12.0 Å². The molecule has 2 atom stereocenters. The van der Waals surface area contributed by atoms with Gasteiger partial charge in [-0.1, -0.05) is 0 Å². The fourth-order valence-corrected chi connectivity index (χ4v) is 4.00. The molecule has 106 valence electrons. The zero-order valence-electron chi connectivity index (χ0n) is 11.3. The maximum atomic E-state index is 11.9. The highest BCUT2D eigenvalue weighted by molar-refractivity contribution is 7.91. The molecule has 2 unspecified atom stereocenters. The largest absolute Gasteiger partial charge is 0.396 e. The van der Waals surface area contributed by atoms with Gasteiger partial charge in [-0.25, -0.2) is 8.42 Å². The predicted octanol–water partition coefficient (Wildman–Crippen LogP) is 1.38. The summed E-state index contributed by atoms with van der Waals surface area (Å²) in [6.45, 7) is 4.13. The van der Waals surface area contributed by atoms with Gasteiger partial charge in [-0.15, -0.1) is 0 Å². The van der Waals surface area contributed by atoms with Crippen LogP contribution in [0.5, 0.6) is 0 Å². The van der Waals surface area contributed by atoms with Crippen molar-refractivity contribution in [3.8, 4) is 0 Å². The summed E-state index contributed by atoms with van der Waals surface area (Å²) in [5.74, 6) is 0.707. The lowest BCUT2D eigenvalue weighted by Crippen LogP contribution is -2.38. The summed E-state index contributed by atoms with van der Waals surface area (Å²) in [5, 5.41) is 9.39. The fourth-order valence-electron chi connectivity index (χ4n) is 2.84. The number of sulfone groups is 1. The first-order valence-corrected chi connectivity index (χ1v) is 8.57. The van der Waals surface area contributed by atoms with Crippen LogP contribution < -0.4 is 0 Å². The Labute approximate surface area is 110 Å². The lowest BCUT2D eigenvalue weighted by atomic mass is 9.77. The molecule has 2 rings (SSSR count). The molecule has 1 saturated carbocycles. The van der Waals surface area contributed by atoms with Gasteiger partial charge in [0.15, 0.2) is 9.84 Å². The molecule has 1 N–H and O–H groups in total. The molecule has 1 aliphatic carbocycles. The zero-order valence-corrected chi connectivity index (χ0v) is 12.1. The Morgan fingerprint density at radius 3 is 2.56 bits per heavy atom. The van der Waals surface area contributed by atoms with Gasteiger partial charge in [0.25, 0.3) is 0 Å². The molecular formula is C13H24O4S. The maximum absolute atomic E-state index is 11.9.